The molecule has 1 aromatic rings. The minimum atomic E-state index is -0.914. The van der Waals surface area contributed by atoms with E-state index in [1.54, 1.807) is 6.92 Å². The lowest BCUT2D eigenvalue weighted by Gasteiger charge is -2.07. The van der Waals surface area contributed by atoms with Crippen molar-refractivity contribution < 1.29 is 19.1 Å². The summed E-state index contributed by atoms with van der Waals surface area (Å²) in [6, 6.07) is 5.68. The fourth-order valence-electron chi connectivity index (χ4n) is 2.42. The van der Waals surface area contributed by atoms with Crippen LogP contribution < -0.4 is 0 Å². The van der Waals surface area contributed by atoms with Crippen LogP contribution in [-0.2, 0) is 20.7 Å². The highest BCUT2D eigenvalue weighted by Crippen LogP contribution is 2.30. The van der Waals surface area contributed by atoms with E-state index in [1.807, 2.05) is 32.0 Å². The first-order chi connectivity index (χ1) is 9.45. The highest BCUT2D eigenvalue weighted by Gasteiger charge is 2.39. The van der Waals surface area contributed by atoms with Gasteiger partial charge >= 0.3 is 5.97 Å². The van der Waals surface area contributed by atoms with Crippen LogP contribution in [0.2, 0.25) is 0 Å². The SMILES string of the molecule is CCOC(=O)C(=O)C1Cc2ccc(C(C)C)cc2C1=O. The van der Waals surface area contributed by atoms with E-state index in [2.05, 4.69) is 4.74 Å². The molecule has 1 unspecified atom stereocenters. The van der Waals surface area contributed by atoms with Crippen molar-refractivity contribution in [1.82, 2.24) is 0 Å². The summed E-state index contributed by atoms with van der Waals surface area (Å²) in [5, 5.41) is 0. The molecular formula is C16H18O4. The molecule has 0 radical (unpaired) electrons. The Balaban J connectivity index is 2.25. The molecule has 0 aliphatic heterocycles. The van der Waals surface area contributed by atoms with Gasteiger partial charge in [0.25, 0.3) is 5.78 Å². The molecule has 4 heteroatoms. The number of Topliss-reactive ketones (excluding diaryl/α,β-unsaturated/α-hetero) is 2. The summed E-state index contributed by atoms with van der Waals surface area (Å²) in [6.07, 6.45) is 0.296. The summed E-state index contributed by atoms with van der Waals surface area (Å²) in [6.45, 7) is 5.85. The molecule has 1 aliphatic carbocycles. The molecular weight excluding hydrogens is 256 g/mol. The lowest BCUT2D eigenvalue weighted by molar-refractivity contribution is -0.154. The molecule has 0 saturated carbocycles. The number of fused-ring (bicyclic) bond motifs is 1. The number of esters is 1. The molecule has 1 aromatic carbocycles. The van der Waals surface area contributed by atoms with Gasteiger partial charge in [0.1, 0.15) is 0 Å². The van der Waals surface area contributed by atoms with Crippen molar-refractivity contribution in [3.63, 3.8) is 0 Å². The second kappa shape index (κ2) is 5.57. The van der Waals surface area contributed by atoms with Gasteiger partial charge in [-0.25, -0.2) is 4.79 Å². The van der Waals surface area contributed by atoms with E-state index >= 15 is 0 Å². The van der Waals surface area contributed by atoms with E-state index in [0.717, 1.165) is 11.1 Å². The van der Waals surface area contributed by atoms with Crippen molar-refractivity contribution in [2.24, 2.45) is 5.92 Å². The third kappa shape index (κ3) is 2.50. The predicted octanol–water partition coefficient (Wildman–Crippen LogP) is 2.30. The molecule has 0 aromatic heterocycles. The van der Waals surface area contributed by atoms with Crippen LogP contribution >= 0.6 is 0 Å². The van der Waals surface area contributed by atoms with Crippen molar-refractivity contribution in [3.05, 3.63) is 34.9 Å². The first kappa shape index (κ1) is 14.4. The summed E-state index contributed by atoms with van der Waals surface area (Å²) >= 11 is 0. The van der Waals surface area contributed by atoms with Crippen LogP contribution in [0.15, 0.2) is 18.2 Å². The van der Waals surface area contributed by atoms with E-state index in [1.165, 1.54) is 0 Å². The van der Waals surface area contributed by atoms with Crippen molar-refractivity contribution in [1.29, 1.82) is 0 Å². The standard InChI is InChI=1S/C16H18O4/c1-4-20-16(19)15(18)13-8-11-6-5-10(9(2)3)7-12(11)14(13)17/h5-7,9,13H,4,8H2,1-3H3. The predicted molar refractivity (Wildman–Crippen MR) is 73.7 cm³/mol. The largest absolute Gasteiger partial charge is 0.460 e. The molecule has 0 bridgehead atoms. The number of rotatable bonds is 4. The number of ether oxygens (including phenoxy) is 1. The number of carbonyl (C=O) groups is 3. The topological polar surface area (TPSA) is 60.4 Å². The maximum atomic E-state index is 12.3. The van der Waals surface area contributed by atoms with Gasteiger partial charge in [0.15, 0.2) is 5.78 Å². The van der Waals surface area contributed by atoms with Crippen LogP contribution in [0, 0.1) is 5.92 Å². The monoisotopic (exact) mass is 274 g/mol. The van der Waals surface area contributed by atoms with E-state index in [9.17, 15) is 14.4 Å². The minimum Gasteiger partial charge on any atom is -0.460 e. The van der Waals surface area contributed by atoms with Crippen LogP contribution in [0.4, 0.5) is 0 Å². The Morgan fingerprint density at radius 2 is 2.05 bits per heavy atom. The van der Waals surface area contributed by atoms with Crippen LogP contribution in [0.5, 0.6) is 0 Å². The first-order valence-corrected chi connectivity index (χ1v) is 6.83. The van der Waals surface area contributed by atoms with Crippen molar-refractivity contribution in [2.45, 2.75) is 33.1 Å². The molecule has 0 spiro atoms. The summed E-state index contributed by atoms with van der Waals surface area (Å²) in [5.74, 6) is -2.51. The lowest BCUT2D eigenvalue weighted by Crippen LogP contribution is -2.29. The molecule has 1 aliphatic rings. The lowest BCUT2D eigenvalue weighted by atomic mass is 9.98. The average Bonchev–Trinajstić information content (AvgIpc) is 2.75. The van der Waals surface area contributed by atoms with Gasteiger partial charge in [-0.3, -0.25) is 9.59 Å². The van der Waals surface area contributed by atoms with Gasteiger partial charge in [0, 0.05) is 5.56 Å². The number of benzene rings is 1. The summed E-state index contributed by atoms with van der Waals surface area (Å²) in [4.78, 5) is 35.7. The molecule has 0 saturated heterocycles. The maximum absolute atomic E-state index is 12.3. The quantitative estimate of drug-likeness (QED) is 0.480. The normalized spacial score (nSPS) is 17.2. The summed E-state index contributed by atoms with van der Waals surface area (Å²) in [7, 11) is 0. The molecule has 2 rings (SSSR count). The van der Waals surface area contributed by atoms with Gasteiger partial charge in [-0.1, -0.05) is 26.0 Å². The Kier molecular flexibility index (Phi) is 4.02. The van der Waals surface area contributed by atoms with Gasteiger partial charge in [-0.05, 0) is 36.5 Å². The second-order valence-corrected chi connectivity index (χ2v) is 5.28. The average molecular weight is 274 g/mol. The molecule has 106 valence electrons. The van der Waals surface area contributed by atoms with Crippen LogP contribution in [0.25, 0.3) is 0 Å². The zero-order valence-corrected chi connectivity index (χ0v) is 11.9. The molecule has 1 atom stereocenters. The zero-order chi connectivity index (χ0) is 14.9. The second-order valence-electron chi connectivity index (χ2n) is 5.28. The van der Waals surface area contributed by atoms with E-state index in [-0.39, 0.29) is 12.4 Å². The van der Waals surface area contributed by atoms with Gasteiger partial charge in [-0.2, -0.15) is 0 Å². The molecule has 0 fully saturated rings. The fraction of sp³-hybridized carbons (Fsp3) is 0.438. The highest BCUT2D eigenvalue weighted by atomic mass is 16.5. The molecule has 20 heavy (non-hydrogen) atoms. The molecule has 0 heterocycles. The van der Waals surface area contributed by atoms with Crippen molar-refractivity contribution in [2.75, 3.05) is 6.61 Å². The zero-order valence-electron chi connectivity index (χ0n) is 11.9. The van der Waals surface area contributed by atoms with Gasteiger partial charge < -0.3 is 4.74 Å². The van der Waals surface area contributed by atoms with E-state index in [4.69, 9.17) is 0 Å². The Bertz CT molecular complexity index is 572. The molecule has 0 amide bonds. The van der Waals surface area contributed by atoms with Crippen LogP contribution in [0.1, 0.15) is 48.2 Å². The Morgan fingerprint density at radius 1 is 1.35 bits per heavy atom. The van der Waals surface area contributed by atoms with Crippen molar-refractivity contribution >= 4 is 17.5 Å². The van der Waals surface area contributed by atoms with E-state index < -0.39 is 17.7 Å². The van der Waals surface area contributed by atoms with Gasteiger partial charge in [0.2, 0.25) is 0 Å². The number of hydrogen-bond donors (Lipinski definition) is 0. The fourth-order valence-corrected chi connectivity index (χ4v) is 2.42. The van der Waals surface area contributed by atoms with Gasteiger partial charge in [-0.15, -0.1) is 0 Å². The number of hydrogen-bond acceptors (Lipinski definition) is 4. The summed E-state index contributed by atoms with van der Waals surface area (Å²) in [5.41, 5.74) is 2.46. The summed E-state index contributed by atoms with van der Waals surface area (Å²) < 4.78 is 4.68. The minimum absolute atomic E-state index is 0.135. The first-order valence-electron chi connectivity index (χ1n) is 6.83. The molecule has 0 N–H and O–H groups in total. The number of ketones is 2. The number of carbonyl (C=O) groups excluding carboxylic acids is 3. The Hall–Kier alpha value is -1.97. The highest BCUT2D eigenvalue weighted by molar-refractivity contribution is 6.40. The Labute approximate surface area is 118 Å². The van der Waals surface area contributed by atoms with Crippen molar-refractivity contribution in [3.8, 4) is 0 Å². The Morgan fingerprint density at radius 3 is 2.65 bits per heavy atom. The maximum Gasteiger partial charge on any atom is 0.375 e. The smallest absolute Gasteiger partial charge is 0.375 e. The van der Waals surface area contributed by atoms with E-state index in [0.29, 0.717) is 17.9 Å². The van der Waals surface area contributed by atoms with Gasteiger partial charge in [0.05, 0.1) is 12.5 Å². The third-order valence-corrected chi connectivity index (χ3v) is 3.60. The molecule has 4 nitrogen and oxygen atoms in total. The van der Waals surface area contributed by atoms with Crippen LogP contribution in [-0.4, -0.2) is 24.1 Å². The van der Waals surface area contributed by atoms with Crippen LogP contribution in [0.3, 0.4) is 0 Å². The third-order valence-electron chi connectivity index (χ3n) is 3.60.